The van der Waals surface area contributed by atoms with E-state index in [9.17, 15) is 18.4 Å². The normalized spacial score (nSPS) is 11.0. The van der Waals surface area contributed by atoms with Crippen molar-refractivity contribution in [1.82, 2.24) is 10.4 Å². The molecule has 1 heterocycles. The minimum atomic E-state index is -0.677. The maximum atomic E-state index is 14.9. The lowest BCUT2D eigenvalue weighted by atomic mass is 10.0. The third kappa shape index (κ3) is 9.67. The van der Waals surface area contributed by atoms with E-state index in [4.69, 9.17) is 9.47 Å². The number of amides is 3. The van der Waals surface area contributed by atoms with Crippen LogP contribution in [0.5, 0.6) is 5.75 Å². The Kier molecular flexibility index (Phi) is 12.7. The fourth-order valence-corrected chi connectivity index (χ4v) is 6.74. The molecule has 0 bridgehead atoms. The smallest absolute Gasteiger partial charge is 0.343 e. The Balaban J connectivity index is 1.59. The monoisotopic (exact) mass is 715 g/mol. The van der Waals surface area contributed by atoms with E-state index in [2.05, 4.69) is 25.9 Å². The summed E-state index contributed by atoms with van der Waals surface area (Å²) in [5.74, 6) is -1.18. The van der Waals surface area contributed by atoms with Gasteiger partial charge in [-0.2, -0.15) is 0 Å². The van der Waals surface area contributed by atoms with E-state index in [0.29, 0.717) is 40.8 Å². The zero-order valence-electron chi connectivity index (χ0n) is 28.7. The molecule has 51 heavy (non-hydrogen) atoms. The third-order valence-corrected chi connectivity index (χ3v) is 9.19. The zero-order chi connectivity index (χ0) is 36.3. The van der Waals surface area contributed by atoms with Gasteiger partial charge in [0.25, 0.3) is 5.91 Å². The molecule has 3 N–H and O–H groups in total. The first kappa shape index (κ1) is 36.9. The molecule has 0 spiro atoms. The van der Waals surface area contributed by atoms with Crippen molar-refractivity contribution in [2.75, 3.05) is 50.6 Å². The Hall–Kier alpha value is -5.34. The summed E-state index contributed by atoms with van der Waals surface area (Å²) in [4.78, 5) is 35.7. The van der Waals surface area contributed by atoms with Crippen LogP contribution in [0, 0.1) is 11.6 Å². The van der Waals surface area contributed by atoms with Crippen molar-refractivity contribution in [1.29, 1.82) is 0 Å². The lowest BCUT2D eigenvalue weighted by Gasteiger charge is -2.22. The van der Waals surface area contributed by atoms with Gasteiger partial charge in [0, 0.05) is 55.6 Å². The lowest BCUT2D eigenvalue weighted by Crippen LogP contribution is -2.27. The van der Waals surface area contributed by atoms with E-state index in [1.165, 1.54) is 43.8 Å². The molecular weight excluding hydrogens is 677 g/mol. The Bertz CT molecular complexity index is 1900. The van der Waals surface area contributed by atoms with E-state index in [0.717, 1.165) is 21.6 Å². The summed E-state index contributed by atoms with van der Waals surface area (Å²) >= 11 is 1.34. The largest absolute Gasteiger partial charge is 0.468 e. The number of hydrogen-bond acceptors (Lipinski definition) is 8. The maximum absolute atomic E-state index is 14.9. The van der Waals surface area contributed by atoms with Gasteiger partial charge in [-0.05, 0) is 72.3 Å². The van der Waals surface area contributed by atoms with E-state index in [1.54, 1.807) is 48.3 Å². The number of nitrogens with zero attached hydrogens (tertiary/aromatic N) is 2. The van der Waals surface area contributed by atoms with Crippen molar-refractivity contribution in [2.45, 2.75) is 19.6 Å². The zero-order valence-corrected chi connectivity index (χ0v) is 29.5. The summed E-state index contributed by atoms with van der Waals surface area (Å²) in [7, 11) is 6.54. The molecule has 13 heteroatoms. The van der Waals surface area contributed by atoms with Gasteiger partial charge in [0.2, 0.25) is 0 Å². The van der Waals surface area contributed by atoms with Crippen LogP contribution in [0.4, 0.5) is 30.0 Å². The highest BCUT2D eigenvalue weighted by atomic mass is 32.1. The molecule has 3 amide bonds. The second-order valence-electron chi connectivity index (χ2n) is 11.7. The summed E-state index contributed by atoms with van der Waals surface area (Å²) in [5.41, 5.74) is 6.13. The number of halogens is 2. The van der Waals surface area contributed by atoms with Crippen LogP contribution in [-0.4, -0.2) is 51.9 Å². The minimum absolute atomic E-state index is 0.0823. The number of urea groups is 1. The van der Waals surface area contributed by atoms with Gasteiger partial charge in [0.15, 0.2) is 6.79 Å². The number of carbonyl (C=O) groups excluding carboxylic acids is 2. The number of hydrogen-bond donors (Lipinski definition) is 3. The topological polar surface area (TPSA) is 104 Å². The summed E-state index contributed by atoms with van der Waals surface area (Å²) in [6.07, 6.45) is 0. The molecule has 0 unspecified atom stereocenters. The lowest BCUT2D eigenvalue weighted by molar-refractivity contribution is 0.0511. The Morgan fingerprint density at radius 3 is 2.04 bits per heavy atom. The van der Waals surface area contributed by atoms with Crippen molar-refractivity contribution in [3.63, 3.8) is 0 Å². The van der Waals surface area contributed by atoms with Crippen molar-refractivity contribution >= 4 is 39.7 Å². The van der Waals surface area contributed by atoms with Gasteiger partial charge in [-0.3, -0.25) is 14.5 Å². The standard InChI is InChI=1S/C38H39F2N5O5S/c1-44(21-25-9-6-5-7-10-25)22-31-34(36(46)41-27-17-19-29(20-18-27)50-24-48-3)37(45(2)23-30-32(39)11-8-12-33(30)40)51-35(31)26-13-15-28(16-14-26)42-38(47)43-49-4/h5-20H,21-24H2,1-4H3,(H,41,46)(H2,42,43,47). The molecule has 0 aliphatic carbocycles. The van der Waals surface area contributed by atoms with Gasteiger partial charge < -0.3 is 25.0 Å². The van der Waals surface area contributed by atoms with Crippen LogP contribution < -0.4 is 25.8 Å². The molecule has 5 rings (SSSR count). The average Bonchev–Trinajstić information content (AvgIpc) is 3.49. The first-order chi connectivity index (χ1) is 24.7. The number of ether oxygens (including phenoxy) is 2. The third-order valence-electron chi connectivity index (χ3n) is 7.80. The molecule has 1 aromatic heterocycles. The van der Waals surface area contributed by atoms with Crippen LogP contribution in [0.1, 0.15) is 27.0 Å². The highest BCUT2D eigenvalue weighted by molar-refractivity contribution is 7.20. The van der Waals surface area contributed by atoms with Crippen LogP contribution in [-0.2, 0) is 29.2 Å². The van der Waals surface area contributed by atoms with E-state index in [-0.39, 0.29) is 18.9 Å². The predicted octanol–water partition coefficient (Wildman–Crippen LogP) is 7.88. The fourth-order valence-electron chi connectivity index (χ4n) is 5.46. The highest BCUT2D eigenvalue weighted by Crippen LogP contribution is 2.44. The summed E-state index contributed by atoms with van der Waals surface area (Å²) < 4.78 is 40.2. The van der Waals surface area contributed by atoms with Gasteiger partial charge in [-0.25, -0.2) is 19.1 Å². The van der Waals surface area contributed by atoms with Crippen LogP contribution >= 0.6 is 11.3 Å². The van der Waals surface area contributed by atoms with Crippen LogP contribution in [0.15, 0.2) is 97.1 Å². The minimum Gasteiger partial charge on any atom is -0.468 e. The summed E-state index contributed by atoms with van der Waals surface area (Å²) in [6.45, 7) is 0.925. The van der Waals surface area contributed by atoms with Gasteiger partial charge >= 0.3 is 6.03 Å². The summed E-state index contributed by atoms with van der Waals surface area (Å²) in [5, 5.41) is 6.23. The number of hydroxylamine groups is 1. The van der Waals surface area contributed by atoms with Crippen molar-refractivity contribution in [3.05, 3.63) is 131 Å². The first-order valence-electron chi connectivity index (χ1n) is 15.9. The molecule has 4 aromatic carbocycles. The number of anilines is 3. The molecule has 0 radical (unpaired) electrons. The van der Waals surface area contributed by atoms with Gasteiger partial charge in [0.1, 0.15) is 22.4 Å². The Labute approximate surface area is 299 Å². The molecule has 266 valence electrons. The van der Waals surface area contributed by atoms with Crippen molar-refractivity contribution in [3.8, 4) is 16.2 Å². The van der Waals surface area contributed by atoms with Crippen LogP contribution in [0.3, 0.4) is 0 Å². The van der Waals surface area contributed by atoms with Gasteiger partial charge in [-0.15, -0.1) is 11.3 Å². The molecule has 10 nitrogen and oxygen atoms in total. The second-order valence-corrected chi connectivity index (χ2v) is 12.7. The van der Waals surface area contributed by atoms with Crippen LogP contribution in [0.2, 0.25) is 0 Å². The number of nitrogens with one attached hydrogen (secondary N) is 3. The van der Waals surface area contributed by atoms with Crippen LogP contribution in [0.25, 0.3) is 10.4 Å². The van der Waals surface area contributed by atoms with Gasteiger partial charge in [0.05, 0.1) is 12.7 Å². The molecule has 0 saturated carbocycles. The average molecular weight is 716 g/mol. The van der Waals surface area contributed by atoms with Crippen molar-refractivity contribution < 1.29 is 32.7 Å². The molecule has 0 aliphatic heterocycles. The number of rotatable bonds is 15. The number of carbonyl (C=O) groups is 2. The molecule has 0 atom stereocenters. The summed E-state index contributed by atoms with van der Waals surface area (Å²) in [6, 6.07) is 27.2. The number of thiophene rings is 1. The molecule has 5 aromatic rings. The predicted molar refractivity (Wildman–Crippen MR) is 196 cm³/mol. The molecule has 0 aliphatic rings. The number of methoxy groups -OCH3 is 1. The maximum Gasteiger partial charge on any atom is 0.343 e. The second kappa shape index (κ2) is 17.5. The Morgan fingerprint density at radius 1 is 0.745 bits per heavy atom. The fraction of sp³-hybridized carbons (Fsp3) is 0.211. The first-order valence-corrected chi connectivity index (χ1v) is 16.7. The van der Waals surface area contributed by atoms with E-state index < -0.39 is 23.6 Å². The number of benzene rings is 4. The quantitative estimate of drug-likeness (QED) is 0.0749. The highest BCUT2D eigenvalue weighted by Gasteiger charge is 2.28. The van der Waals surface area contributed by atoms with Crippen molar-refractivity contribution in [2.24, 2.45) is 0 Å². The SMILES string of the molecule is COCOc1ccc(NC(=O)c2c(N(C)Cc3c(F)cccc3F)sc(-c3ccc(NC(=O)NOC)cc3)c2CN(C)Cc2ccccc2)cc1. The molecular formula is C38H39F2N5O5S. The van der Waals surface area contributed by atoms with E-state index in [1.807, 2.05) is 49.5 Å². The molecule has 0 fully saturated rings. The Morgan fingerprint density at radius 2 is 1.39 bits per heavy atom. The molecule has 0 saturated heterocycles. The van der Waals surface area contributed by atoms with E-state index >= 15 is 0 Å². The van der Waals surface area contributed by atoms with Gasteiger partial charge in [-0.1, -0.05) is 48.5 Å².